The SMILES string of the molecule is C[C@@H](NC(=O)c1csc(Cl)c1)c1ncnn1-c1ccc(C#N)cn1.S. The van der Waals surface area contributed by atoms with Gasteiger partial charge in [0.2, 0.25) is 0 Å². The number of halogens is 1. The molecule has 0 aliphatic rings. The zero-order valence-electron chi connectivity index (χ0n) is 13.0. The summed E-state index contributed by atoms with van der Waals surface area (Å²) in [6, 6.07) is 6.54. The lowest BCUT2D eigenvalue weighted by molar-refractivity contribution is 0.0938. The van der Waals surface area contributed by atoms with Crippen LogP contribution in [0.5, 0.6) is 0 Å². The Morgan fingerprint density at radius 3 is 2.84 bits per heavy atom. The van der Waals surface area contributed by atoms with Crippen molar-refractivity contribution in [3.05, 3.63) is 57.4 Å². The molecule has 25 heavy (non-hydrogen) atoms. The van der Waals surface area contributed by atoms with E-state index in [0.717, 1.165) is 0 Å². The summed E-state index contributed by atoms with van der Waals surface area (Å²) in [5.74, 6) is 0.802. The van der Waals surface area contributed by atoms with Crippen LogP contribution >= 0.6 is 36.4 Å². The van der Waals surface area contributed by atoms with Crippen LogP contribution in [-0.2, 0) is 0 Å². The normalized spacial score (nSPS) is 11.2. The molecule has 1 N–H and O–H groups in total. The van der Waals surface area contributed by atoms with Crippen molar-refractivity contribution in [1.29, 1.82) is 5.26 Å². The van der Waals surface area contributed by atoms with Gasteiger partial charge in [0, 0.05) is 11.6 Å². The first-order chi connectivity index (χ1) is 11.6. The van der Waals surface area contributed by atoms with Crippen LogP contribution in [0, 0.1) is 11.3 Å². The van der Waals surface area contributed by atoms with Gasteiger partial charge in [-0.1, -0.05) is 11.6 Å². The van der Waals surface area contributed by atoms with Crippen LogP contribution in [0.25, 0.3) is 5.82 Å². The quantitative estimate of drug-likeness (QED) is 0.736. The monoisotopic (exact) mass is 392 g/mol. The van der Waals surface area contributed by atoms with E-state index in [1.807, 2.05) is 6.07 Å². The Morgan fingerprint density at radius 2 is 2.24 bits per heavy atom. The molecule has 3 rings (SSSR count). The van der Waals surface area contributed by atoms with Crippen LogP contribution in [0.15, 0.2) is 36.1 Å². The van der Waals surface area contributed by atoms with E-state index in [1.165, 1.54) is 28.5 Å². The van der Waals surface area contributed by atoms with Crippen molar-refractivity contribution < 1.29 is 4.79 Å². The van der Waals surface area contributed by atoms with E-state index < -0.39 is 6.04 Å². The van der Waals surface area contributed by atoms with Crippen LogP contribution in [0.3, 0.4) is 0 Å². The average molecular weight is 393 g/mol. The Morgan fingerprint density at radius 1 is 1.44 bits per heavy atom. The van der Waals surface area contributed by atoms with Gasteiger partial charge in [0.1, 0.15) is 12.4 Å². The molecular formula is C15H13ClN6OS2. The van der Waals surface area contributed by atoms with Crippen molar-refractivity contribution in [1.82, 2.24) is 25.1 Å². The van der Waals surface area contributed by atoms with Crippen molar-refractivity contribution in [2.45, 2.75) is 13.0 Å². The topological polar surface area (TPSA) is 96.5 Å². The lowest BCUT2D eigenvalue weighted by atomic mass is 10.2. The highest BCUT2D eigenvalue weighted by atomic mass is 35.5. The summed E-state index contributed by atoms with van der Waals surface area (Å²) in [5, 5.41) is 17.5. The van der Waals surface area contributed by atoms with Gasteiger partial charge in [-0.15, -0.1) is 11.3 Å². The number of pyridine rings is 1. The van der Waals surface area contributed by atoms with Gasteiger partial charge in [-0.25, -0.2) is 9.97 Å². The van der Waals surface area contributed by atoms with E-state index >= 15 is 0 Å². The fraction of sp³-hybridized carbons (Fsp3) is 0.133. The minimum Gasteiger partial charge on any atom is -0.342 e. The largest absolute Gasteiger partial charge is 0.342 e. The standard InChI is InChI=1S/C15H11ClN6OS.H2S/c1-9(21-15(23)11-4-12(16)24-7-11)14-19-8-20-22(14)13-3-2-10(5-17)6-18-13;/h2-4,6-9H,1H3,(H,21,23);1H2/t9-;/m1./s1. The lowest BCUT2D eigenvalue weighted by Gasteiger charge is -2.13. The van der Waals surface area contributed by atoms with Gasteiger partial charge >= 0.3 is 0 Å². The van der Waals surface area contributed by atoms with E-state index in [9.17, 15) is 4.79 Å². The minimum absolute atomic E-state index is 0. The van der Waals surface area contributed by atoms with Crippen molar-refractivity contribution in [3.8, 4) is 11.9 Å². The van der Waals surface area contributed by atoms with E-state index in [4.69, 9.17) is 16.9 Å². The Kier molecular flexibility index (Phi) is 6.14. The third-order valence-electron chi connectivity index (χ3n) is 3.23. The van der Waals surface area contributed by atoms with Gasteiger partial charge in [-0.3, -0.25) is 4.79 Å². The van der Waals surface area contributed by atoms with Crippen LogP contribution < -0.4 is 5.32 Å². The number of carbonyl (C=O) groups excluding carboxylic acids is 1. The maximum atomic E-state index is 12.2. The molecule has 0 saturated heterocycles. The first kappa shape index (κ1) is 18.9. The number of nitriles is 1. The molecular weight excluding hydrogens is 380 g/mol. The summed E-state index contributed by atoms with van der Waals surface area (Å²) >= 11 is 7.15. The number of amides is 1. The summed E-state index contributed by atoms with van der Waals surface area (Å²) in [5.41, 5.74) is 0.954. The molecule has 3 aromatic rings. The molecule has 1 amide bonds. The second kappa shape index (κ2) is 8.11. The summed E-state index contributed by atoms with van der Waals surface area (Å²) in [7, 11) is 0. The molecule has 0 unspecified atom stereocenters. The number of thiophene rings is 1. The summed E-state index contributed by atoms with van der Waals surface area (Å²) in [4.78, 5) is 20.6. The number of rotatable bonds is 4. The van der Waals surface area contributed by atoms with Crippen molar-refractivity contribution in [3.63, 3.8) is 0 Å². The Bertz CT molecular complexity index is 915. The third kappa shape index (κ3) is 4.17. The lowest BCUT2D eigenvalue weighted by Crippen LogP contribution is -2.28. The van der Waals surface area contributed by atoms with Gasteiger partial charge in [-0.2, -0.15) is 28.5 Å². The molecule has 0 aliphatic carbocycles. The van der Waals surface area contributed by atoms with Crippen LogP contribution in [0.1, 0.15) is 34.7 Å². The number of nitrogens with one attached hydrogen (secondary N) is 1. The fourth-order valence-corrected chi connectivity index (χ4v) is 2.93. The minimum atomic E-state index is -0.392. The molecule has 3 aromatic heterocycles. The summed E-state index contributed by atoms with van der Waals surface area (Å²) in [6.45, 7) is 1.80. The molecule has 10 heteroatoms. The van der Waals surface area contributed by atoms with E-state index in [1.54, 1.807) is 30.5 Å². The summed E-state index contributed by atoms with van der Waals surface area (Å²) < 4.78 is 2.07. The maximum Gasteiger partial charge on any atom is 0.252 e. The second-order valence-corrected chi connectivity index (χ2v) is 6.42. The second-order valence-electron chi connectivity index (χ2n) is 4.88. The maximum absolute atomic E-state index is 12.2. The van der Waals surface area contributed by atoms with Gasteiger partial charge in [-0.05, 0) is 25.1 Å². The smallest absolute Gasteiger partial charge is 0.252 e. The van der Waals surface area contributed by atoms with E-state index in [0.29, 0.717) is 27.1 Å². The van der Waals surface area contributed by atoms with Crippen LogP contribution in [0.2, 0.25) is 4.34 Å². The number of aromatic nitrogens is 4. The Labute approximate surface area is 159 Å². The van der Waals surface area contributed by atoms with Gasteiger partial charge < -0.3 is 5.32 Å². The number of nitrogens with zero attached hydrogens (tertiary/aromatic N) is 5. The molecule has 1 atom stereocenters. The number of hydrogen-bond donors (Lipinski definition) is 1. The van der Waals surface area contributed by atoms with Crippen LogP contribution in [-0.4, -0.2) is 25.7 Å². The van der Waals surface area contributed by atoms with E-state index in [2.05, 4.69) is 20.4 Å². The zero-order valence-corrected chi connectivity index (χ0v) is 15.5. The van der Waals surface area contributed by atoms with Crippen molar-refractivity contribution >= 4 is 42.3 Å². The molecule has 0 radical (unpaired) electrons. The molecule has 7 nitrogen and oxygen atoms in total. The molecule has 3 heterocycles. The summed E-state index contributed by atoms with van der Waals surface area (Å²) in [6.07, 6.45) is 2.84. The average Bonchev–Trinajstić information content (AvgIpc) is 3.24. The fourth-order valence-electron chi connectivity index (χ4n) is 2.07. The van der Waals surface area contributed by atoms with Crippen molar-refractivity contribution in [2.24, 2.45) is 0 Å². The zero-order chi connectivity index (χ0) is 17.1. The predicted octanol–water partition coefficient (Wildman–Crippen LogP) is 2.85. The molecule has 0 spiro atoms. The first-order valence-corrected chi connectivity index (χ1v) is 8.15. The van der Waals surface area contributed by atoms with Crippen molar-refractivity contribution in [2.75, 3.05) is 0 Å². The molecule has 0 fully saturated rings. The molecule has 0 saturated carbocycles. The number of hydrogen-bond acceptors (Lipinski definition) is 6. The molecule has 0 bridgehead atoms. The molecule has 128 valence electrons. The predicted molar refractivity (Wildman–Crippen MR) is 99.5 cm³/mol. The first-order valence-electron chi connectivity index (χ1n) is 6.90. The van der Waals surface area contributed by atoms with Crippen LogP contribution in [0.4, 0.5) is 0 Å². The Balaban J connectivity index is 0.00000225. The highest BCUT2D eigenvalue weighted by Gasteiger charge is 2.18. The van der Waals surface area contributed by atoms with E-state index in [-0.39, 0.29) is 19.4 Å². The number of carbonyl (C=O) groups is 1. The van der Waals surface area contributed by atoms with Gasteiger partial charge in [0.15, 0.2) is 11.6 Å². The molecule has 0 aromatic carbocycles. The Hall–Kier alpha value is -2.41. The van der Waals surface area contributed by atoms with Gasteiger partial charge in [0.05, 0.1) is 21.5 Å². The highest BCUT2D eigenvalue weighted by Crippen LogP contribution is 2.21. The highest BCUT2D eigenvalue weighted by molar-refractivity contribution is 7.59. The molecule has 0 aliphatic heterocycles. The third-order valence-corrected chi connectivity index (χ3v) is 4.32. The van der Waals surface area contributed by atoms with Gasteiger partial charge in [0.25, 0.3) is 5.91 Å².